The fourth-order valence-electron chi connectivity index (χ4n) is 1.64. The third kappa shape index (κ3) is 3.45. The Morgan fingerprint density at radius 2 is 2.25 bits per heavy atom. The van der Waals surface area contributed by atoms with E-state index >= 15 is 0 Å². The Morgan fingerprint density at radius 1 is 1.45 bits per heavy atom. The average molecular weight is 338 g/mol. The number of carbonyl (C=O) groups is 1. The van der Waals surface area contributed by atoms with E-state index in [9.17, 15) is 4.79 Å². The van der Waals surface area contributed by atoms with E-state index in [1.54, 1.807) is 7.11 Å². The summed E-state index contributed by atoms with van der Waals surface area (Å²) >= 11 is 3.38. The number of rotatable bonds is 5. The molecule has 1 aromatic heterocycles. The molecule has 104 valence electrons. The van der Waals surface area contributed by atoms with Gasteiger partial charge in [0.2, 0.25) is 0 Å². The number of aromatic nitrogens is 2. The largest absolute Gasteiger partial charge is 0.497 e. The van der Waals surface area contributed by atoms with E-state index in [1.165, 1.54) is 12.5 Å². The predicted octanol–water partition coefficient (Wildman–Crippen LogP) is 2.56. The lowest BCUT2D eigenvalue weighted by atomic mass is 10.2. The first-order valence-corrected chi connectivity index (χ1v) is 6.50. The van der Waals surface area contributed by atoms with Gasteiger partial charge in [0.1, 0.15) is 17.6 Å². The maximum absolute atomic E-state index is 11.1. The summed E-state index contributed by atoms with van der Waals surface area (Å²) in [6.07, 6.45) is 2.61. The number of methoxy groups -OCH3 is 1. The third-order valence-electron chi connectivity index (χ3n) is 2.59. The van der Waals surface area contributed by atoms with Gasteiger partial charge in [0.25, 0.3) is 0 Å². The molecule has 0 aliphatic rings. The van der Waals surface area contributed by atoms with Crippen molar-refractivity contribution in [2.45, 2.75) is 6.54 Å². The van der Waals surface area contributed by atoms with Crippen LogP contribution in [-0.4, -0.2) is 28.2 Å². The molecular formula is C13H12BrN3O3. The molecule has 0 fully saturated rings. The molecule has 0 spiro atoms. The summed E-state index contributed by atoms with van der Waals surface area (Å²) in [6, 6.07) is 5.51. The number of benzene rings is 1. The maximum atomic E-state index is 11.1. The molecule has 0 saturated carbocycles. The van der Waals surface area contributed by atoms with Crippen molar-refractivity contribution >= 4 is 27.6 Å². The van der Waals surface area contributed by atoms with Crippen LogP contribution < -0.4 is 10.1 Å². The van der Waals surface area contributed by atoms with Gasteiger partial charge in [-0.2, -0.15) is 0 Å². The minimum absolute atomic E-state index is 0.0851. The van der Waals surface area contributed by atoms with Gasteiger partial charge < -0.3 is 15.2 Å². The van der Waals surface area contributed by atoms with Crippen LogP contribution in [0, 0.1) is 0 Å². The van der Waals surface area contributed by atoms with Crippen molar-refractivity contribution in [1.29, 1.82) is 0 Å². The molecule has 0 unspecified atom stereocenters. The highest BCUT2D eigenvalue weighted by molar-refractivity contribution is 9.10. The van der Waals surface area contributed by atoms with E-state index in [0.29, 0.717) is 11.4 Å². The number of nitrogens with one attached hydrogen (secondary N) is 1. The average Bonchev–Trinajstić information content (AvgIpc) is 2.44. The minimum atomic E-state index is -1.05. The molecule has 0 aliphatic heterocycles. The van der Waals surface area contributed by atoms with Gasteiger partial charge in [-0.3, -0.25) is 0 Å². The van der Waals surface area contributed by atoms with Crippen LogP contribution in [0.3, 0.4) is 0 Å². The summed E-state index contributed by atoms with van der Waals surface area (Å²) < 4.78 is 6.02. The molecule has 1 heterocycles. The van der Waals surface area contributed by atoms with Crippen LogP contribution in [0.1, 0.15) is 16.1 Å². The highest BCUT2D eigenvalue weighted by Gasteiger charge is 2.11. The Balaban J connectivity index is 2.17. The van der Waals surface area contributed by atoms with Gasteiger partial charge in [0.15, 0.2) is 0 Å². The normalized spacial score (nSPS) is 10.1. The second kappa shape index (κ2) is 6.33. The number of hydrogen-bond donors (Lipinski definition) is 2. The number of aromatic carboxylic acids is 1. The van der Waals surface area contributed by atoms with E-state index < -0.39 is 5.97 Å². The van der Waals surface area contributed by atoms with Gasteiger partial charge in [-0.05, 0) is 12.1 Å². The first kappa shape index (κ1) is 14.3. The molecule has 7 heteroatoms. The number of halogens is 1. The summed E-state index contributed by atoms with van der Waals surface area (Å²) in [7, 11) is 1.58. The number of carboxylic acid groups (broad SMARTS) is 1. The molecule has 0 aliphatic carbocycles. The van der Waals surface area contributed by atoms with Crippen molar-refractivity contribution < 1.29 is 14.6 Å². The van der Waals surface area contributed by atoms with Gasteiger partial charge in [0, 0.05) is 22.4 Å². The SMILES string of the molecule is COc1cc(Br)cc(NCc2ncncc2C(=O)O)c1. The van der Waals surface area contributed by atoms with Crippen molar-refractivity contribution in [3.8, 4) is 5.75 Å². The third-order valence-corrected chi connectivity index (χ3v) is 3.05. The molecule has 2 aromatic rings. The van der Waals surface area contributed by atoms with Gasteiger partial charge >= 0.3 is 5.97 Å². The van der Waals surface area contributed by atoms with E-state index in [0.717, 1.165) is 10.2 Å². The number of nitrogens with zero attached hydrogens (tertiary/aromatic N) is 2. The van der Waals surface area contributed by atoms with Crippen molar-refractivity contribution in [3.05, 3.63) is 46.5 Å². The molecule has 2 N–H and O–H groups in total. The fraction of sp³-hybridized carbons (Fsp3) is 0.154. The van der Waals surface area contributed by atoms with Crippen LogP contribution in [0.4, 0.5) is 5.69 Å². The van der Waals surface area contributed by atoms with Crippen LogP contribution in [0.15, 0.2) is 35.2 Å². The summed E-state index contributed by atoms with van der Waals surface area (Å²) in [6.45, 7) is 0.282. The second-order valence-corrected chi connectivity index (χ2v) is 4.84. The van der Waals surface area contributed by atoms with Crippen LogP contribution in [0.2, 0.25) is 0 Å². The Bertz CT molecular complexity index is 634. The lowest BCUT2D eigenvalue weighted by molar-refractivity contribution is 0.0694. The summed E-state index contributed by atoms with van der Waals surface area (Å²) in [4.78, 5) is 18.8. The van der Waals surface area contributed by atoms with Crippen molar-refractivity contribution in [2.75, 3.05) is 12.4 Å². The summed E-state index contributed by atoms with van der Waals surface area (Å²) in [5, 5.41) is 12.2. The Kier molecular flexibility index (Phi) is 4.52. The standard InChI is InChI=1S/C13H12BrN3O3/c1-20-10-3-8(14)2-9(4-10)16-6-12-11(13(18)19)5-15-7-17-12/h2-5,7,16H,6H2,1H3,(H,18,19). The zero-order valence-corrected chi connectivity index (χ0v) is 12.2. The van der Waals surface area contributed by atoms with E-state index in [4.69, 9.17) is 9.84 Å². The minimum Gasteiger partial charge on any atom is -0.497 e. The van der Waals surface area contributed by atoms with Gasteiger partial charge in [-0.15, -0.1) is 0 Å². The monoisotopic (exact) mass is 337 g/mol. The number of carboxylic acids is 1. The van der Waals surface area contributed by atoms with Crippen LogP contribution in [0.25, 0.3) is 0 Å². The van der Waals surface area contributed by atoms with E-state index in [2.05, 4.69) is 31.2 Å². The zero-order valence-electron chi connectivity index (χ0n) is 10.6. The van der Waals surface area contributed by atoms with Crippen LogP contribution in [-0.2, 0) is 6.54 Å². The first-order chi connectivity index (χ1) is 9.60. The molecule has 1 aromatic carbocycles. The second-order valence-electron chi connectivity index (χ2n) is 3.92. The first-order valence-electron chi connectivity index (χ1n) is 5.71. The quantitative estimate of drug-likeness (QED) is 0.872. The highest BCUT2D eigenvalue weighted by Crippen LogP contribution is 2.24. The molecule has 0 bridgehead atoms. The van der Waals surface area contributed by atoms with Crippen LogP contribution >= 0.6 is 15.9 Å². The molecular weight excluding hydrogens is 326 g/mol. The molecule has 2 rings (SSSR count). The van der Waals surface area contributed by atoms with Gasteiger partial charge in [-0.1, -0.05) is 15.9 Å². The Labute approximate surface area is 124 Å². The summed E-state index contributed by atoms with van der Waals surface area (Å²) in [5.74, 6) is -0.350. The van der Waals surface area contributed by atoms with E-state index in [-0.39, 0.29) is 12.1 Å². The van der Waals surface area contributed by atoms with Crippen molar-refractivity contribution in [2.24, 2.45) is 0 Å². The lowest BCUT2D eigenvalue weighted by Gasteiger charge is -2.10. The molecule has 6 nitrogen and oxygen atoms in total. The number of ether oxygens (including phenoxy) is 1. The maximum Gasteiger partial charge on any atom is 0.339 e. The molecule has 20 heavy (non-hydrogen) atoms. The highest BCUT2D eigenvalue weighted by atomic mass is 79.9. The van der Waals surface area contributed by atoms with Crippen LogP contribution in [0.5, 0.6) is 5.75 Å². The van der Waals surface area contributed by atoms with Gasteiger partial charge in [-0.25, -0.2) is 14.8 Å². The fourth-order valence-corrected chi connectivity index (χ4v) is 2.12. The zero-order chi connectivity index (χ0) is 14.5. The molecule has 0 radical (unpaired) electrons. The number of anilines is 1. The Morgan fingerprint density at radius 3 is 2.95 bits per heavy atom. The topological polar surface area (TPSA) is 84.3 Å². The molecule has 0 atom stereocenters. The van der Waals surface area contributed by atoms with E-state index in [1.807, 2.05) is 18.2 Å². The van der Waals surface area contributed by atoms with Crippen molar-refractivity contribution in [1.82, 2.24) is 9.97 Å². The smallest absolute Gasteiger partial charge is 0.339 e. The molecule has 0 amide bonds. The summed E-state index contributed by atoms with van der Waals surface area (Å²) in [5.41, 5.74) is 1.31. The van der Waals surface area contributed by atoms with Crippen molar-refractivity contribution in [3.63, 3.8) is 0 Å². The number of hydrogen-bond acceptors (Lipinski definition) is 5. The predicted molar refractivity (Wildman–Crippen MR) is 77.0 cm³/mol. The Hall–Kier alpha value is -2.15. The van der Waals surface area contributed by atoms with Gasteiger partial charge in [0.05, 0.1) is 19.3 Å². The molecule has 0 saturated heterocycles. The lowest BCUT2D eigenvalue weighted by Crippen LogP contribution is -2.10.